The Balaban J connectivity index is 2.64. The topological polar surface area (TPSA) is 46.3 Å². The van der Waals surface area contributed by atoms with E-state index in [1.807, 2.05) is 12.1 Å². The normalized spacial score (nSPS) is 12.0. The Morgan fingerprint density at radius 3 is 2.42 bits per heavy atom. The quantitative estimate of drug-likeness (QED) is 0.822. The maximum Gasteiger partial charge on any atom is 0.240 e. The minimum Gasteiger partial charge on any atom is -0.340 e. The first kappa shape index (κ1) is 15.3. The summed E-state index contributed by atoms with van der Waals surface area (Å²) in [6, 6.07) is 7.68. The third-order valence-corrected chi connectivity index (χ3v) is 3.10. The molecule has 0 radical (unpaired) electrons. The Hall–Kier alpha value is -1.79. The zero-order valence-electron chi connectivity index (χ0n) is 11.9. The summed E-state index contributed by atoms with van der Waals surface area (Å²) in [5.74, 6) is 2.81. The number of rotatable bonds is 5. The molecule has 19 heavy (non-hydrogen) atoms. The van der Waals surface area contributed by atoms with Crippen molar-refractivity contribution in [2.75, 3.05) is 7.05 Å². The van der Waals surface area contributed by atoms with Gasteiger partial charge in [-0.3, -0.25) is 4.79 Å². The minimum absolute atomic E-state index is 0.120. The molecule has 1 rings (SSSR count). The number of hydrogen-bond acceptors (Lipinski definition) is 2. The smallest absolute Gasteiger partial charge is 0.240 e. The maximum absolute atomic E-state index is 11.9. The van der Waals surface area contributed by atoms with E-state index in [2.05, 4.69) is 31.9 Å². The lowest BCUT2D eigenvalue weighted by molar-refractivity contribution is -0.131. The van der Waals surface area contributed by atoms with E-state index in [0.717, 1.165) is 5.56 Å². The average Bonchev–Trinajstić information content (AvgIpc) is 2.38. The highest BCUT2D eigenvalue weighted by Crippen LogP contribution is 2.15. The summed E-state index contributed by atoms with van der Waals surface area (Å²) < 4.78 is 0. The number of terminal acetylenes is 1. The van der Waals surface area contributed by atoms with E-state index in [-0.39, 0.29) is 12.3 Å². The predicted octanol–water partition coefficient (Wildman–Crippen LogP) is 2.12. The van der Waals surface area contributed by atoms with Crippen LogP contribution in [0, 0.1) is 12.3 Å². The Labute approximate surface area is 115 Å². The molecule has 0 fully saturated rings. The van der Waals surface area contributed by atoms with E-state index in [9.17, 15) is 4.79 Å². The van der Waals surface area contributed by atoms with Crippen molar-refractivity contribution < 1.29 is 4.79 Å². The highest BCUT2D eigenvalue weighted by Gasteiger charge is 2.17. The molecule has 1 atom stereocenters. The van der Waals surface area contributed by atoms with Crippen LogP contribution in [0.4, 0.5) is 0 Å². The molecule has 0 saturated carbocycles. The fraction of sp³-hybridized carbons (Fsp3) is 0.438. The molecule has 102 valence electrons. The van der Waals surface area contributed by atoms with Crippen molar-refractivity contribution >= 4 is 5.91 Å². The van der Waals surface area contributed by atoms with E-state index in [4.69, 9.17) is 12.2 Å². The standard InChI is InChI=1S/C16H22N2O/c1-5-6-15(17)16(19)18(4)11-13-7-9-14(10-8-13)12(2)3/h1,7-10,12,15H,6,11,17H2,2-4H3. The summed E-state index contributed by atoms with van der Waals surface area (Å²) in [5.41, 5.74) is 8.10. The van der Waals surface area contributed by atoms with E-state index < -0.39 is 6.04 Å². The largest absolute Gasteiger partial charge is 0.340 e. The molecule has 1 aromatic carbocycles. The lowest BCUT2D eigenvalue weighted by atomic mass is 10.0. The van der Waals surface area contributed by atoms with Gasteiger partial charge < -0.3 is 10.6 Å². The maximum atomic E-state index is 11.9. The van der Waals surface area contributed by atoms with Gasteiger partial charge in [0.2, 0.25) is 5.91 Å². The fourth-order valence-corrected chi connectivity index (χ4v) is 1.86. The molecule has 0 aliphatic heterocycles. The van der Waals surface area contributed by atoms with Crippen LogP contribution in [0.2, 0.25) is 0 Å². The van der Waals surface area contributed by atoms with Crippen molar-refractivity contribution in [2.24, 2.45) is 5.73 Å². The average molecular weight is 258 g/mol. The van der Waals surface area contributed by atoms with Crippen LogP contribution in [0.5, 0.6) is 0 Å². The van der Waals surface area contributed by atoms with Crippen LogP contribution in [0.25, 0.3) is 0 Å². The molecule has 3 heteroatoms. The van der Waals surface area contributed by atoms with Gasteiger partial charge in [-0.25, -0.2) is 0 Å². The van der Waals surface area contributed by atoms with Crippen molar-refractivity contribution in [2.45, 2.75) is 38.8 Å². The first-order valence-electron chi connectivity index (χ1n) is 6.48. The van der Waals surface area contributed by atoms with Crippen LogP contribution >= 0.6 is 0 Å². The van der Waals surface area contributed by atoms with Crippen molar-refractivity contribution in [1.29, 1.82) is 0 Å². The first-order chi connectivity index (χ1) is 8.95. The summed E-state index contributed by atoms with van der Waals surface area (Å²) >= 11 is 0. The van der Waals surface area contributed by atoms with E-state index in [1.54, 1.807) is 11.9 Å². The van der Waals surface area contributed by atoms with Gasteiger partial charge >= 0.3 is 0 Å². The summed E-state index contributed by atoms with van der Waals surface area (Å²) in [5, 5.41) is 0. The lowest BCUT2D eigenvalue weighted by Crippen LogP contribution is -2.41. The Morgan fingerprint density at radius 2 is 1.95 bits per heavy atom. The first-order valence-corrected chi connectivity index (χ1v) is 6.48. The molecule has 0 heterocycles. The predicted molar refractivity (Wildman–Crippen MR) is 78.4 cm³/mol. The molecule has 1 aromatic rings. The fourth-order valence-electron chi connectivity index (χ4n) is 1.86. The number of likely N-dealkylation sites (N-methyl/N-ethyl adjacent to an activating group) is 1. The minimum atomic E-state index is -0.607. The summed E-state index contributed by atoms with van der Waals surface area (Å²) in [7, 11) is 1.75. The molecule has 0 aromatic heterocycles. The van der Waals surface area contributed by atoms with Crippen LogP contribution in [-0.2, 0) is 11.3 Å². The molecule has 3 nitrogen and oxygen atoms in total. The SMILES string of the molecule is C#CCC(N)C(=O)N(C)Cc1ccc(C(C)C)cc1. The number of nitrogens with two attached hydrogens (primary N) is 1. The van der Waals surface area contributed by atoms with Crippen molar-refractivity contribution in [3.63, 3.8) is 0 Å². The third-order valence-electron chi connectivity index (χ3n) is 3.10. The number of carbonyl (C=O) groups excluding carboxylic acids is 1. The lowest BCUT2D eigenvalue weighted by Gasteiger charge is -2.20. The van der Waals surface area contributed by atoms with Gasteiger partial charge in [-0.1, -0.05) is 38.1 Å². The van der Waals surface area contributed by atoms with E-state index >= 15 is 0 Å². The highest BCUT2D eigenvalue weighted by molar-refractivity contribution is 5.81. The van der Waals surface area contributed by atoms with E-state index in [0.29, 0.717) is 12.5 Å². The molecular formula is C16H22N2O. The van der Waals surface area contributed by atoms with Crippen LogP contribution in [-0.4, -0.2) is 23.9 Å². The number of benzene rings is 1. The second-order valence-electron chi connectivity index (χ2n) is 5.11. The highest BCUT2D eigenvalue weighted by atomic mass is 16.2. The van der Waals surface area contributed by atoms with Crippen LogP contribution in [0.1, 0.15) is 37.3 Å². The van der Waals surface area contributed by atoms with Gasteiger partial charge in [0.15, 0.2) is 0 Å². The van der Waals surface area contributed by atoms with Gasteiger partial charge in [0, 0.05) is 20.0 Å². The zero-order chi connectivity index (χ0) is 14.4. The molecule has 1 unspecified atom stereocenters. The molecule has 0 aliphatic rings. The van der Waals surface area contributed by atoms with Crippen molar-refractivity contribution in [3.8, 4) is 12.3 Å². The van der Waals surface area contributed by atoms with Gasteiger partial charge in [0.25, 0.3) is 0 Å². The van der Waals surface area contributed by atoms with Crippen molar-refractivity contribution in [1.82, 2.24) is 4.90 Å². The molecule has 0 bridgehead atoms. The Morgan fingerprint density at radius 1 is 1.37 bits per heavy atom. The summed E-state index contributed by atoms with van der Waals surface area (Å²) in [6.07, 6.45) is 5.44. The van der Waals surface area contributed by atoms with Gasteiger partial charge in [-0.05, 0) is 17.0 Å². The Kier molecular flexibility index (Phi) is 5.59. The molecular weight excluding hydrogens is 236 g/mol. The van der Waals surface area contributed by atoms with E-state index in [1.165, 1.54) is 5.56 Å². The monoisotopic (exact) mass is 258 g/mol. The number of amides is 1. The Bertz CT molecular complexity index is 457. The summed E-state index contributed by atoms with van der Waals surface area (Å²) in [6.45, 7) is 4.86. The van der Waals surface area contributed by atoms with Crippen LogP contribution in [0.3, 0.4) is 0 Å². The number of hydrogen-bond donors (Lipinski definition) is 1. The molecule has 0 spiro atoms. The van der Waals surface area contributed by atoms with Gasteiger partial charge in [-0.2, -0.15) is 0 Å². The van der Waals surface area contributed by atoms with Crippen LogP contribution < -0.4 is 5.73 Å². The van der Waals surface area contributed by atoms with Gasteiger partial charge in [0.05, 0.1) is 6.04 Å². The molecule has 0 aliphatic carbocycles. The second kappa shape index (κ2) is 6.96. The molecule has 0 saturated heterocycles. The molecule has 2 N–H and O–H groups in total. The molecule has 1 amide bonds. The number of nitrogens with zero attached hydrogens (tertiary/aromatic N) is 1. The van der Waals surface area contributed by atoms with Gasteiger partial charge in [-0.15, -0.1) is 12.3 Å². The third kappa shape index (κ3) is 4.42. The van der Waals surface area contributed by atoms with Crippen LogP contribution in [0.15, 0.2) is 24.3 Å². The zero-order valence-corrected chi connectivity index (χ0v) is 11.9. The van der Waals surface area contributed by atoms with Crippen molar-refractivity contribution in [3.05, 3.63) is 35.4 Å². The summed E-state index contributed by atoms with van der Waals surface area (Å²) in [4.78, 5) is 13.5. The number of carbonyl (C=O) groups is 1. The second-order valence-corrected chi connectivity index (χ2v) is 5.11. The van der Waals surface area contributed by atoms with Gasteiger partial charge in [0.1, 0.15) is 0 Å².